The van der Waals surface area contributed by atoms with E-state index in [0.717, 1.165) is 25.0 Å². The molecule has 0 heterocycles. The van der Waals surface area contributed by atoms with Crippen LogP contribution < -0.4 is 10.6 Å². The Bertz CT molecular complexity index is 119. The van der Waals surface area contributed by atoms with Crippen LogP contribution in [0.1, 0.15) is 39.5 Å². The average molecular weight is 184 g/mol. The van der Waals surface area contributed by atoms with Crippen LogP contribution in [-0.2, 0) is 0 Å². The molecule has 13 heavy (non-hydrogen) atoms. The van der Waals surface area contributed by atoms with E-state index in [2.05, 4.69) is 24.5 Å². The average Bonchev–Trinajstić information content (AvgIpc) is 2.64. The fourth-order valence-electron chi connectivity index (χ4n) is 1.96. The maximum Gasteiger partial charge on any atom is 0.00671 e. The van der Waals surface area contributed by atoms with Gasteiger partial charge in [-0.1, -0.05) is 26.7 Å². The number of hydrogen-bond donors (Lipinski definition) is 2. The Morgan fingerprint density at radius 2 is 1.92 bits per heavy atom. The zero-order chi connectivity index (χ0) is 9.52. The molecule has 0 spiro atoms. The van der Waals surface area contributed by atoms with Gasteiger partial charge in [0.1, 0.15) is 0 Å². The SMILES string of the molecule is CCNCC(C)CNC1CCCC1. The molecular weight excluding hydrogens is 160 g/mol. The van der Waals surface area contributed by atoms with Crippen molar-refractivity contribution in [3.8, 4) is 0 Å². The lowest BCUT2D eigenvalue weighted by Crippen LogP contribution is -2.34. The molecule has 2 N–H and O–H groups in total. The molecule has 0 aromatic carbocycles. The highest BCUT2D eigenvalue weighted by atomic mass is 14.9. The third-order valence-electron chi connectivity index (χ3n) is 2.85. The molecule has 0 saturated heterocycles. The van der Waals surface area contributed by atoms with Crippen molar-refractivity contribution >= 4 is 0 Å². The van der Waals surface area contributed by atoms with E-state index in [0.29, 0.717) is 0 Å². The van der Waals surface area contributed by atoms with Gasteiger partial charge >= 0.3 is 0 Å². The highest BCUT2D eigenvalue weighted by Gasteiger charge is 2.14. The maximum absolute atomic E-state index is 3.65. The van der Waals surface area contributed by atoms with Crippen molar-refractivity contribution in [3.63, 3.8) is 0 Å². The zero-order valence-corrected chi connectivity index (χ0v) is 9.10. The molecule has 1 saturated carbocycles. The summed E-state index contributed by atoms with van der Waals surface area (Å²) in [4.78, 5) is 0. The second-order valence-corrected chi connectivity index (χ2v) is 4.30. The van der Waals surface area contributed by atoms with Gasteiger partial charge in [-0.15, -0.1) is 0 Å². The van der Waals surface area contributed by atoms with E-state index in [1.165, 1.54) is 32.2 Å². The van der Waals surface area contributed by atoms with Gasteiger partial charge in [0.05, 0.1) is 0 Å². The van der Waals surface area contributed by atoms with Gasteiger partial charge in [0.2, 0.25) is 0 Å². The monoisotopic (exact) mass is 184 g/mol. The molecule has 1 atom stereocenters. The molecule has 1 rings (SSSR count). The standard InChI is InChI=1S/C11H24N2/c1-3-12-8-10(2)9-13-11-6-4-5-7-11/h10-13H,3-9H2,1-2H3. The van der Waals surface area contributed by atoms with E-state index in [9.17, 15) is 0 Å². The van der Waals surface area contributed by atoms with Crippen molar-refractivity contribution in [3.05, 3.63) is 0 Å². The minimum Gasteiger partial charge on any atom is -0.317 e. The molecule has 2 nitrogen and oxygen atoms in total. The molecule has 78 valence electrons. The summed E-state index contributed by atoms with van der Waals surface area (Å²) in [7, 11) is 0. The van der Waals surface area contributed by atoms with Crippen LogP contribution in [0.25, 0.3) is 0 Å². The highest BCUT2D eigenvalue weighted by Crippen LogP contribution is 2.17. The van der Waals surface area contributed by atoms with Gasteiger partial charge in [-0.05, 0) is 38.4 Å². The van der Waals surface area contributed by atoms with Crippen LogP contribution in [0, 0.1) is 5.92 Å². The summed E-state index contributed by atoms with van der Waals surface area (Å²) in [5, 5.41) is 7.03. The van der Waals surface area contributed by atoms with Gasteiger partial charge in [0.15, 0.2) is 0 Å². The molecule has 0 radical (unpaired) electrons. The van der Waals surface area contributed by atoms with Crippen molar-refractivity contribution in [1.82, 2.24) is 10.6 Å². The molecule has 1 unspecified atom stereocenters. The van der Waals surface area contributed by atoms with Crippen LogP contribution in [0.15, 0.2) is 0 Å². The summed E-state index contributed by atoms with van der Waals surface area (Å²) in [6.07, 6.45) is 5.65. The second kappa shape index (κ2) is 6.39. The van der Waals surface area contributed by atoms with E-state index >= 15 is 0 Å². The third-order valence-corrected chi connectivity index (χ3v) is 2.85. The fraction of sp³-hybridized carbons (Fsp3) is 1.00. The van der Waals surface area contributed by atoms with Crippen LogP contribution in [0.3, 0.4) is 0 Å². The normalized spacial score (nSPS) is 20.8. The van der Waals surface area contributed by atoms with Gasteiger partial charge in [-0.2, -0.15) is 0 Å². The van der Waals surface area contributed by atoms with Gasteiger partial charge in [0.25, 0.3) is 0 Å². The van der Waals surface area contributed by atoms with E-state index in [-0.39, 0.29) is 0 Å². The summed E-state index contributed by atoms with van der Waals surface area (Å²) in [5.41, 5.74) is 0. The van der Waals surface area contributed by atoms with Crippen molar-refractivity contribution < 1.29 is 0 Å². The first-order chi connectivity index (χ1) is 6.33. The van der Waals surface area contributed by atoms with Crippen LogP contribution in [0.4, 0.5) is 0 Å². The Morgan fingerprint density at radius 3 is 2.54 bits per heavy atom. The summed E-state index contributed by atoms with van der Waals surface area (Å²) < 4.78 is 0. The van der Waals surface area contributed by atoms with Gasteiger partial charge in [0, 0.05) is 6.04 Å². The third kappa shape index (κ3) is 4.63. The number of hydrogen-bond acceptors (Lipinski definition) is 2. The predicted octanol–water partition coefficient (Wildman–Crippen LogP) is 1.76. The summed E-state index contributed by atoms with van der Waals surface area (Å²) in [6, 6.07) is 0.823. The van der Waals surface area contributed by atoms with Gasteiger partial charge in [-0.25, -0.2) is 0 Å². The van der Waals surface area contributed by atoms with Crippen molar-refractivity contribution in [2.75, 3.05) is 19.6 Å². The van der Waals surface area contributed by atoms with Crippen molar-refractivity contribution in [1.29, 1.82) is 0 Å². The van der Waals surface area contributed by atoms with Gasteiger partial charge < -0.3 is 10.6 Å². The smallest absolute Gasteiger partial charge is 0.00671 e. The van der Waals surface area contributed by atoms with E-state index in [1.54, 1.807) is 0 Å². The van der Waals surface area contributed by atoms with E-state index < -0.39 is 0 Å². The molecule has 0 bridgehead atoms. The van der Waals surface area contributed by atoms with Crippen LogP contribution in [0.5, 0.6) is 0 Å². The molecule has 2 heteroatoms. The Kier molecular flexibility index (Phi) is 5.40. The summed E-state index contributed by atoms with van der Waals surface area (Å²) >= 11 is 0. The van der Waals surface area contributed by atoms with Crippen LogP contribution in [0.2, 0.25) is 0 Å². The zero-order valence-electron chi connectivity index (χ0n) is 9.10. The Hall–Kier alpha value is -0.0800. The first kappa shape index (κ1) is 11.0. The van der Waals surface area contributed by atoms with Gasteiger partial charge in [-0.3, -0.25) is 0 Å². The Balaban J connectivity index is 1.97. The molecule has 0 aliphatic heterocycles. The highest BCUT2D eigenvalue weighted by molar-refractivity contribution is 4.74. The maximum atomic E-state index is 3.65. The quantitative estimate of drug-likeness (QED) is 0.657. The summed E-state index contributed by atoms with van der Waals surface area (Å²) in [6.45, 7) is 7.89. The molecule has 1 aliphatic carbocycles. The number of nitrogens with one attached hydrogen (secondary N) is 2. The molecule has 1 aliphatic rings. The predicted molar refractivity (Wildman–Crippen MR) is 58.0 cm³/mol. The van der Waals surface area contributed by atoms with Crippen molar-refractivity contribution in [2.45, 2.75) is 45.6 Å². The van der Waals surface area contributed by atoms with Crippen molar-refractivity contribution in [2.24, 2.45) is 5.92 Å². The molecule has 0 aromatic heterocycles. The van der Waals surface area contributed by atoms with Crippen LogP contribution >= 0.6 is 0 Å². The first-order valence-electron chi connectivity index (χ1n) is 5.77. The minimum absolute atomic E-state index is 0.764. The molecule has 0 amide bonds. The van der Waals surface area contributed by atoms with Crippen LogP contribution in [-0.4, -0.2) is 25.7 Å². The second-order valence-electron chi connectivity index (χ2n) is 4.30. The molecule has 0 aromatic rings. The molecular formula is C11H24N2. The van der Waals surface area contributed by atoms with E-state index in [1.807, 2.05) is 0 Å². The van der Waals surface area contributed by atoms with E-state index in [4.69, 9.17) is 0 Å². The largest absolute Gasteiger partial charge is 0.317 e. The Labute approximate surface area is 82.5 Å². The molecule has 1 fully saturated rings. The fourth-order valence-corrected chi connectivity index (χ4v) is 1.96. The number of rotatable bonds is 6. The topological polar surface area (TPSA) is 24.1 Å². The Morgan fingerprint density at radius 1 is 1.23 bits per heavy atom. The minimum atomic E-state index is 0.764. The lowest BCUT2D eigenvalue weighted by Gasteiger charge is -2.16. The lowest BCUT2D eigenvalue weighted by molar-refractivity contribution is 0.432. The lowest BCUT2D eigenvalue weighted by atomic mass is 10.1. The first-order valence-corrected chi connectivity index (χ1v) is 5.77. The summed E-state index contributed by atoms with van der Waals surface area (Å²) in [5.74, 6) is 0.764.